The highest BCUT2D eigenvalue weighted by molar-refractivity contribution is 6.36. The maximum atomic E-state index is 6.09. The molecule has 0 aromatic carbocycles. The van der Waals surface area contributed by atoms with Crippen molar-refractivity contribution >= 4 is 30.6 Å². The fourth-order valence-corrected chi connectivity index (χ4v) is 1.55. The summed E-state index contributed by atoms with van der Waals surface area (Å²) in [4.78, 5) is 4.46. The molecule has 0 spiro atoms. The molecule has 3 nitrogen and oxygen atoms in total. The Kier molecular flexibility index (Phi) is 2.26. The van der Waals surface area contributed by atoms with E-state index in [0.29, 0.717) is 16.3 Å². The summed E-state index contributed by atoms with van der Waals surface area (Å²) in [6.07, 6.45) is 1.56. The van der Waals surface area contributed by atoms with Crippen LogP contribution in [0.5, 0.6) is 0 Å². The van der Waals surface area contributed by atoms with Gasteiger partial charge in [0.25, 0.3) is 0 Å². The summed E-state index contributed by atoms with van der Waals surface area (Å²) in [7, 11) is 5.75. The maximum Gasteiger partial charge on any atom is 0.149 e. The molecule has 0 unspecified atom stereocenters. The van der Waals surface area contributed by atoms with Gasteiger partial charge in [0.05, 0.1) is 5.69 Å². The van der Waals surface area contributed by atoms with E-state index in [4.69, 9.17) is 19.4 Å². The number of hydrogen-bond acceptors (Lipinski definition) is 2. The van der Waals surface area contributed by atoms with Gasteiger partial charge in [0.15, 0.2) is 0 Å². The number of aromatic nitrogens is 3. The van der Waals surface area contributed by atoms with Crippen LogP contribution in [-0.4, -0.2) is 22.4 Å². The van der Waals surface area contributed by atoms with Crippen molar-refractivity contribution in [3.8, 4) is 0 Å². The number of fused-ring (bicyclic) bond motifs is 1. The Hall–Kier alpha value is -1.03. The SMILES string of the molecule is [B]c1cnn2c(Cl)cc(C(C)(C)C)nc12. The molecule has 0 fully saturated rings. The van der Waals surface area contributed by atoms with Crippen molar-refractivity contribution in [1.29, 1.82) is 0 Å². The third-order valence-corrected chi connectivity index (χ3v) is 2.49. The predicted octanol–water partition coefficient (Wildman–Crippen LogP) is 1.47. The van der Waals surface area contributed by atoms with E-state index >= 15 is 0 Å². The Morgan fingerprint density at radius 2 is 2.07 bits per heavy atom. The van der Waals surface area contributed by atoms with Crippen LogP contribution in [0.3, 0.4) is 0 Å². The molecule has 0 amide bonds. The van der Waals surface area contributed by atoms with Crippen molar-refractivity contribution in [2.75, 3.05) is 0 Å². The standard InChI is InChI=1S/C10H11BClN3/c1-10(2,3)7-4-8(12)15-9(14-7)6(11)5-13-15/h4-5H,1-3H3. The maximum absolute atomic E-state index is 6.09. The van der Waals surface area contributed by atoms with Crippen LogP contribution >= 0.6 is 11.6 Å². The molecule has 2 aromatic rings. The van der Waals surface area contributed by atoms with Gasteiger partial charge in [-0.25, -0.2) is 9.50 Å². The summed E-state index contributed by atoms with van der Waals surface area (Å²) in [5.74, 6) is 0. The van der Waals surface area contributed by atoms with Crippen LogP contribution < -0.4 is 5.46 Å². The second-order valence-electron chi connectivity index (χ2n) is 4.55. The Balaban J connectivity index is 2.76. The molecule has 0 aliphatic carbocycles. The van der Waals surface area contributed by atoms with E-state index in [1.165, 1.54) is 4.52 Å². The van der Waals surface area contributed by atoms with Crippen LogP contribution in [-0.2, 0) is 5.41 Å². The van der Waals surface area contributed by atoms with E-state index in [1.807, 2.05) is 6.07 Å². The fourth-order valence-electron chi connectivity index (χ4n) is 1.33. The van der Waals surface area contributed by atoms with Crippen LogP contribution in [0, 0.1) is 0 Å². The second-order valence-corrected chi connectivity index (χ2v) is 4.94. The first-order valence-electron chi connectivity index (χ1n) is 4.70. The minimum Gasteiger partial charge on any atom is -0.234 e. The van der Waals surface area contributed by atoms with Crippen molar-refractivity contribution in [2.45, 2.75) is 26.2 Å². The molecule has 0 bridgehead atoms. The Bertz CT molecular complexity index is 513. The average Bonchev–Trinajstić information content (AvgIpc) is 2.47. The molecule has 2 radical (unpaired) electrons. The lowest BCUT2D eigenvalue weighted by molar-refractivity contribution is 0.568. The van der Waals surface area contributed by atoms with E-state index in [1.54, 1.807) is 6.20 Å². The first kappa shape index (κ1) is 10.5. The number of halogens is 1. The molecule has 76 valence electrons. The topological polar surface area (TPSA) is 30.2 Å². The summed E-state index contributed by atoms with van der Waals surface area (Å²) < 4.78 is 1.53. The van der Waals surface area contributed by atoms with Gasteiger partial charge in [0.1, 0.15) is 18.6 Å². The smallest absolute Gasteiger partial charge is 0.149 e. The van der Waals surface area contributed by atoms with Crippen LogP contribution in [0.15, 0.2) is 12.3 Å². The molecule has 0 saturated carbocycles. The van der Waals surface area contributed by atoms with Crippen LogP contribution in [0.1, 0.15) is 26.5 Å². The van der Waals surface area contributed by atoms with E-state index < -0.39 is 0 Å². The van der Waals surface area contributed by atoms with Gasteiger partial charge in [-0.15, -0.1) is 0 Å². The zero-order chi connectivity index (χ0) is 11.2. The minimum atomic E-state index is -0.0535. The lowest BCUT2D eigenvalue weighted by Crippen LogP contribution is -2.16. The number of nitrogens with zero attached hydrogens (tertiary/aromatic N) is 3. The fraction of sp³-hybridized carbons (Fsp3) is 0.400. The molecule has 5 heteroatoms. The number of hydrogen-bond donors (Lipinski definition) is 0. The van der Waals surface area contributed by atoms with Gasteiger partial charge < -0.3 is 0 Å². The minimum absolute atomic E-state index is 0.0535. The van der Waals surface area contributed by atoms with Crippen molar-refractivity contribution in [3.05, 3.63) is 23.1 Å². The summed E-state index contributed by atoms with van der Waals surface area (Å²) >= 11 is 6.09. The van der Waals surface area contributed by atoms with Crippen LogP contribution in [0.4, 0.5) is 0 Å². The van der Waals surface area contributed by atoms with E-state index in [-0.39, 0.29) is 5.41 Å². The molecular weight excluding hydrogens is 208 g/mol. The molecule has 2 rings (SSSR count). The van der Waals surface area contributed by atoms with Gasteiger partial charge >= 0.3 is 0 Å². The number of rotatable bonds is 0. The normalized spacial score (nSPS) is 12.3. The summed E-state index contributed by atoms with van der Waals surface area (Å²) in [6, 6.07) is 1.82. The predicted molar refractivity (Wildman–Crippen MR) is 62.1 cm³/mol. The first-order chi connectivity index (χ1) is 6.89. The highest BCUT2D eigenvalue weighted by atomic mass is 35.5. The third kappa shape index (κ3) is 1.74. The highest BCUT2D eigenvalue weighted by Gasteiger charge is 2.18. The van der Waals surface area contributed by atoms with Crippen molar-refractivity contribution in [1.82, 2.24) is 14.6 Å². The molecule has 0 aliphatic rings. The van der Waals surface area contributed by atoms with Crippen molar-refractivity contribution in [2.24, 2.45) is 0 Å². The van der Waals surface area contributed by atoms with Crippen LogP contribution in [0.2, 0.25) is 5.15 Å². The van der Waals surface area contributed by atoms with Gasteiger partial charge in [0.2, 0.25) is 0 Å². The van der Waals surface area contributed by atoms with Gasteiger partial charge in [-0.1, -0.05) is 32.4 Å². The Morgan fingerprint density at radius 3 is 2.67 bits per heavy atom. The van der Waals surface area contributed by atoms with Gasteiger partial charge in [-0.05, 0) is 11.5 Å². The van der Waals surface area contributed by atoms with Gasteiger partial charge in [-0.3, -0.25) is 0 Å². The zero-order valence-corrected chi connectivity index (χ0v) is 9.71. The highest BCUT2D eigenvalue weighted by Crippen LogP contribution is 2.23. The molecule has 0 aliphatic heterocycles. The Morgan fingerprint density at radius 1 is 1.40 bits per heavy atom. The molecule has 2 heterocycles. The van der Waals surface area contributed by atoms with Gasteiger partial charge in [-0.2, -0.15) is 5.10 Å². The summed E-state index contributed by atoms with van der Waals surface area (Å²) in [6.45, 7) is 6.23. The molecule has 0 saturated heterocycles. The first-order valence-corrected chi connectivity index (χ1v) is 5.07. The van der Waals surface area contributed by atoms with E-state index in [0.717, 1.165) is 5.69 Å². The van der Waals surface area contributed by atoms with Crippen LogP contribution in [0.25, 0.3) is 5.65 Å². The molecule has 2 aromatic heterocycles. The lowest BCUT2D eigenvalue weighted by Gasteiger charge is -2.18. The third-order valence-electron chi connectivity index (χ3n) is 2.22. The molecular formula is C10H11BClN3. The summed E-state index contributed by atoms with van der Waals surface area (Å²) in [5.41, 5.74) is 2.02. The average molecular weight is 219 g/mol. The van der Waals surface area contributed by atoms with E-state index in [9.17, 15) is 0 Å². The zero-order valence-electron chi connectivity index (χ0n) is 8.95. The quantitative estimate of drug-likeness (QED) is 0.496. The van der Waals surface area contributed by atoms with Crippen molar-refractivity contribution in [3.63, 3.8) is 0 Å². The summed E-state index contributed by atoms with van der Waals surface area (Å²) in [5, 5.41) is 4.57. The van der Waals surface area contributed by atoms with Gasteiger partial charge in [0, 0.05) is 11.6 Å². The molecule has 15 heavy (non-hydrogen) atoms. The monoisotopic (exact) mass is 219 g/mol. The lowest BCUT2D eigenvalue weighted by atomic mass is 9.92. The molecule has 0 N–H and O–H groups in total. The molecule has 0 atom stereocenters. The van der Waals surface area contributed by atoms with Crippen molar-refractivity contribution < 1.29 is 0 Å². The van der Waals surface area contributed by atoms with E-state index in [2.05, 4.69) is 30.9 Å². The second kappa shape index (κ2) is 3.24. The Labute approximate surface area is 94.9 Å². The largest absolute Gasteiger partial charge is 0.234 e.